The van der Waals surface area contributed by atoms with E-state index in [4.69, 9.17) is 0 Å². The summed E-state index contributed by atoms with van der Waals surface area (Å²) in [6, 6.07) is 7.12. The number of carbonyl (C=O) groups excluding carboxylic acids is 1. The molecule has 0 saturated heterocycles. The van der Waals surface area contributed by atoms with Gasteiger partial charge in [0.25, 0.3) is 11.5 Å². The number of benzene rings is 1. The molecule has 1 saturated carbocycles. The first-order valence-corrected chi connectivity index (χ1v) is 10.3. The maximum absolute atomic E-state index is 12.9. The van der Waals surface area contributed by atoms with Gasteiger partial charge in [-0.05, 0) is 43.6 Å². The molecule has 1 aromatic heterocycles. The lowest BCUT2D eigenvalue weighted by Gasteiger charge is -2.30. The molecule has 6 nitrogen and oxygen atoms in total. The van der Waals surface area contributed by atoms with Gasteiger partial charge in [0, 0.05) is 23.6 Å². The summed E-state index contributed by atoms with van der Waals surface area (Å²) in [5, 5.41) is 9.93. The van der Waals surface area contributed by atoms with Gasteiger partial charge < -0.3 is 0 Å². The Hall–Kier alpha value is -2.50. The summed E-state index contributed by atoms with van der Waals surface area (Å²) < 4.78 is 1.38. The molecule has 0 bridgehead atoms. The van der Waals surface area contributed by atoms with Crippen molar-refractivity contribution in [2.75, 3.05) is 0 Å². The lowest BCUT2D eigenvalue weighted by Crippen LogP contribution is -2.32. The number of fused-ring (bicyclic) bond motifs is 1. The third kappa shape index (κ3) is 4.16. The van der Waals surface area contributed by atoms with Crippen LogP contribution in [0.4, 0.5) is 0 Å². The number of nitrogens with zero attached hydrogens (tertiary/aromatic N) is 3. The molecule has 1 aliphatic carbocycles. The first-order chi connectivity index (χ1) is 13.4. The molecule has 1 heterocycles. The van der Waals surface area contributed by atoms with Gasteiger partial charge in [-0.15, -0.1) is 0 Å². The molecule has 1 aliphatic rings. The summed E-state index contributed by atoms with van der Waals surface area (Å²) in [6.45, 7) is 9.09. The number of hydrazone groups is 1. The number of carbonyl (C=O) groups is 1. The zero-order chi connectivity index (χ0) is 20.3. The number of nitrogens with one attached hydrogen (secondary N) is 1. The fourth-order valence-electron chi connectivity index (χ4n) is 4.03. The van der Waals surface area contributed by atoms with Crippen LogP contribution in [0, 0.1) is 17.8 Å². The highest BCUT2D eigenvalue weighted by Crippen LogP contribution is 2.31. The van der Waals surface area contributed by atoms with Gasteiger partial charge in [0.1, 0.15) is 0 Å². The number of amides is 1. The Morgan fingerprint density at radius 2 is 2.00 bits per heavy atom. The maximum Gasteiger partial charge on any atom is 0.292 e. The van der Waals surface area contributed by atoms with E-state index < -0.39 is 0 Å². The first-order valence-electron chi connectivity index (χ1n) is 10.3. The predicted molar refractivity (Wildman–Crippen MR) is 113 cm³/mol. The Kier molecular flexibility index (Phi) is 6.27. The second kappa shape index (κ2) is 8.67. The lowest BCUT2D eigenvalue weighted by molar-refractivity contribution is 0.0948. The van der Waals surface area contributed by atoms with Crippen molar-refractivity contribution in [3.8, 4) is 0 Å². The number of aryl methyl sites for hydroxylation is 1. The lowest BCUT2D eigenvalue weighted by atomic mass is 9.76. The van der Waals surface area contributed by atoms with Crippen LogP contribution in [0.25, 0.3) is 10.8 Å². The molecule has 1 amide bonds. The summed E-state index contributed by atoms with van der Waals surface area (Å²) in [5.74, 6) is 1.11. The summed E-state index contributed by atoms with van der Waals surface area (Å²) in [4.78, 5) is 25.5. The van der Waals surface area contributed by atoms with Crippen LogP contribution in [0.15, 0.2) is 34.2 Å². The topological polar surface area (TPSA) is 76.3 Å². The van der Waals surface area contributed by atoms with E-state index in [1.807, 2.05) is 13.0 Å². The van der Waals surface area contributed by atoms with Crippen LogP contribution >= 0.6 is 0 Å². The highest BCUT2D eigenvalue weighted by atomic mass is 16.2. The molecule has 0 aliphatic heterocycles. The van der Waals surface area contributed by atoms with Crippen LogP contribution < -0.4 is 11.0 Å². The third-order valence-corrected chi connectivity index (χ3v) is 5.58. The van der Waals surface area contributed by atoms with Gasteiger partial charge in [-0.3, -0.25) is 9.59 Å². The number of aromatic nitrogens is 2. The molecule has 0 radical (unpaired) electrons. The Labute approximate surface area is 166 Å². The fourth-order valence-corrected chi connectivity index (χ4v) is 4.03. The molecule has 2 atom stereocenters. The molecule has 1 fully saturated rings. The molecule has 0 unspecified atom stereocenters. The van der Waals surface area contributed by atoms with E-state index in [9.17, 15) is 9.59 Å². The Morgan fingerprint density at radius 1 is 1.29 bits per heavy atom. The summed E-state index contributed by atoms with van der Waals surface area (Å²) >= 11 is 0. The van der Waals surface area contributed by atoms with Crippen molar-refractivity contribution in [1.82, 2.24) is 15.2 Å². The summed E-state index contributed by atoms with van der Waals surface area (Å²) in [5.41, 5.74) is 3.87. The van der Waals surface area contributed by atoms with E-state index in [0.29, 0.717) is 35.1 Å². The molecule has 150 valence electrons. The van der Waals surface area contributed by atoms with Crippen LogP contribution in [-0.4, -0.2) is 21.4 Å². The van der Waals surface area contributed by atoms with Gasteiger partial charge in [0.15, 0.2) is 5.69 Å². The Morgan fingerprint density at radius 3 is 2.68 bits per heavy atom. The number of hydrogen-bond donors (Lipinski definition) is 1. The molecule has 0 spiro atoms. The normalized spacial score (nSPS) is 21.4. The predicted octanol–water partition coefficient (Wildman–Crippen LogP) is 3.98. The van der Waals surface area contributed by atoms with Crippen molar-refractivity contribution in [2.45, 2.75) is 59.9 Å². The summed E-state index contributed by atoms with van der Waals surface area (Å²) in [7, 11) is 0. The Balaban J connectivity index is 1.95. The van der Waals surface area contributed by atoms with Crippen LogP contribution in [0.1, 0.15) is 63.9 Å². The molecule has 3 rings (SSSR count). The van der Waals surface area contributed by atoms with Crippen molar-refractivity contribution >= 4 is 22.4 Å². The average molecular weight is 383 g/mol. The minimum atomic E-state index is -0.366. The maximum atomic E-state index is 12.9. The van der Waals surface area contributed by atoms with E-state index in [1.165, 1.54) is 11.1 Å². The second-order valence-corrected chi connectivity index (χ2v) is 8.20. The second-order valence-electron chi connectivity index (χ2n) is 8.20. The molecule has 6 heteroatoms. The smallest absolute Gasteiger partial charge is 0.267 e. The van der Waals surface area contributed by atoms with E-state index >= 15 is 0 Å². The van der Waals surface area contributed by atoms with E-state index in [2.05, 4.69) is 36.4 Å². The zero-order valence-corrected chi connectivity index (χ0v) is 17.2. The monoisotopic (exact) mass is 382 g/mol. The van der Waals surface area contributed by atoms with Crippen molar-refractivity contribution in [2.24, 2.45) is 22.9 Å². The molecule has 28 heavy (non-hydrogen) atoms. The van der Waals surface area contributed by atoms with Gasteiger partial charge in [-0.25, -0.2) is 10.1 Å². The van der Waals surface area contributed by atoms with E-state index in [0.717, 1.165) is 25.0 Å². The van der Waals surface area contributed by atoms with Crippen molar-refractivity contribution < 1.29 is 4.79 Å². The van der Waals surface area contributed by atoms with Gasteiger partial charge >= 0.3 is 0 Å². The van der Waals surface area contributed by atoms with Gasteiger partial charge in [0.2, 0.25) is 0 Å². The quantitative estimate of drug-likeness (QED) is 0.795. The standard InChI is InChI=1S/C22H30N4O2/c1-5-12-26-22(28)18-9-7-6-8-17(18)20(25-26)21(27)24-23-19-13-15(4)10-11-16(19)14(2)3/h6-9,14-16H,5,10-13H2,1-4H3,(H,24,27)/b23-19-/t15-,16-/m1/s1. The van der Waals surface area contributed by atoms with Crippen molar-refractivity contribution in [3.05, 3.63) is 40.3 Å². The third-order valence-electron chi connectivity index (χ3n) is 5.58. The zero-order valence-electron chi connectivity index (χ0n) is 17.2. The van der Waals surface area contributed by atoms with E-state index in [1.54, 1.807) is 18.2 Å². The van der Waals surface area contributed by atoms with Crippen molar-refractivity contribution in [3.63, 3.8) is 0 Å². The Bertz CT molecular complexity index is 945. The first kappa shape index (κ1) is 20.2. The highest BCUT2D eigenvalue weighted by molar-refractivity contribution is 6.05. The minimum absolute atomic E-state index is 0.165. The molecular weight excluding hydrogens is 352 g/mol. The fraction of sp³-hybridized carbons (Fsp3) is 0.545. The highest BCUT2D eigenvalue weighted by Gasteiger charge is 2.27. The summed E-state index contributed by atoms with van der Waals surface area (Å²) in [6.07, 6.45) is 3.98. The SMILES string of the molecule is CCCn1nc(C(=O)N/N=C2/C[C@H](C)CC[C@@H]2C(C)C)c2ccccc2c1=O. The minimum Gasteiger partial charge on any atom is -0.267 e. The molecular formula is C22H30N4O2. The van der Waals surface area contributed by atoms with Crippen molar-refractivity contribution in [1.29, 1.82) is 0 Å². The van der Waals surface area contributed by atoms with Crippen LogP contribution in [0.2, 0.25) is 0 Å². The van der Waals surface area contributed by atoms with Gasteiger partial charge in [-0.1, -0.05) is 45.9 Å². The van der Waals surface area contributed by atoms with Crippen LogP contribution in [0.3, 0.4) is 0 Å². The molecule has 1 N–H and O–H groups in total. The van der Waals surface area contributed by atoms with E-state index in [-0.39, 0.29) is 17.2 Å². The number of rotatable bonds is 5. The van der Waals surface area contributed by atoms with Crippen LogP contribution in [0.5, 0.6) is 0 Å². The molecule has 1 aromatic carbocycles. The van der Waals surface area contributed by atoms with Gasteiger partial charge in [-0.2, -0.15) is 10.2 Å². The largest absolute Gasteiger partial charge is 0.292 e. The number of hydrogen-bond acceptors (Lipinski definition) is 4. The van der Waals surface area contributed by atoms with Crippen LogP contribution in [-0.2, 0) is 6.54 Å². The van der Waals surface area contributed by atoms with Gasteiger partial charge in [0.05, 0.1) is 5.39 Å². The molecule has 2 aromatic rings. The average Bonchev–Trinajstić information content (AvgIpc) is 2.68.